The van der Waals surface area contributed by atoms with E-state index in [0.29, 0.717) is 17.6 Å². The molecular formula is C22H34O3. The second kappa shape index (κ2) is 7.99. The van der Waals surface area contributed by atoms with E-state index < -0.39 is 0 Å². The molecule has 3 heteroatoms. The van der Waals surface area contributed by atoms with Crippen molar-refractivity contribution in [2.45, 2.75) is 77.4 Å². The second-order valence-electron chi connectivity index (χ2n) is 8.07. The molecule has 25 heavy (non-hydrogen) atoms. The van der Waals surface area contributed by atoms with Gasteiger partial charge in [0.05, 0.1) is 26.4 Å². The molecule has 1 saturated carbocycles. The molecule has 1 saturated heterocycles. The van der Waals surface area contributed by atoms with E-state index in [2.05, 4.69) is 26.0 Å². The summed E-state index contributed by atoms with van der Waals surface area (Å²) in [5, 5.41) is 0. The fourth-order valence-electron chi connectivity index (χ4n) is 4.37. The van der Waals surface area contributed by atoms with Gasteiger partial charge in [0.2, 0.25) is 0 Å². The summed E-state index contributed by atoms with van der Waals surface area (Å²) in [5.74, 6) is 2.51. The van der Waals surface area contributed by atoms with E-state index in [1.165, 1.54) is 44.1 Å². The summed E-state index contributed by atoms with van der Waals surface area (Å²) in [7, 11) is 3.37. The van der Waals surface area contributed by atoms with E-state index in [1.54, 1.807) is 14.2 Å². The first-order valence-corrected chi connectivity index (χ1v) is 9.98. The highest BCUT2D eigenvalue weighted by molar-refractivity contribution is 5.42. The van der Waals surface area contributed by atoms with E-state index in [4.69, 9.17) is 14.2 Å². The molecule has 1 heterocycles. The van der Waals surface area contributed by atoms with Crippen LogP contribution in [0.25, 0.3) is 0 Å². The minimum absolute atomic E-state index is 0.462. The largest absolute Gasteiger partial charge is 0.493 e. The van der Waals surface area contributed by atoms with Crippen LogP contribution in [0.15, 0.2) is 18.2 Å². The molecule has 1 aliphatic carbocycles. The summed E-state index contributed by atoms with van der Waals surface area (Å²) >= 11 is 0. The molecule has 0 N–H and O–H groups in total. The Bertz CT molecular complexity index is 570. The summed E-state index contributed by atoms with van der Waals surface area (Å²) in [6, 6.07) is 6.22. The van der Waals surface area contributed by atoms with Gasteiger partial charge in [0.1, 0.15) is 0 Å². The molecule has 0 amide bonds. The minimum atomic E-state index is 0.462. The highest BCUT2D eigenvalue weighted by Gasteiger charge is 2.55. The number of unbranched alkanes of at least 4 members (excludes halogenated alkanes) is 2. The van der Waals surface area contributed by atoms with Gasteiger partial charge >= 0.3 is 0 Å². The average molecular weight is 347 g/mol. The monoisotopic (exact) mass is 346 g/mol. The smallest absolute Gasteiger partial charge is 0.160 e. The molecule has 4 atom stereocenters. The Labute approximate surface area is 153 Å². The van der Waals surface area contributed by atoms with E-state index in [9.17, 15) is 0 Å². The number of hydrogen-bond donors (Lipinski definition) is 0. The molecule has 2 fully saturated rings. The van der Waals surface area contributed by atoms with Crippen LogP contribution >= 0.6 is 0 Å². The van der Waals surface area contributed by atoms with Gasteiger partial charge in [0.15, 0.2) is 11.5 Å². The van der Waals surface area contributed by atoms with Gasteiger partial charge in [-0.2, -0.15) is 0 Å². The van der Waals surface area contributed by atoms with Crippen LogP contribution in [-0.4, -0.2) is 26.4 Å². The maximum absolute atomic E-state index is 6.01. The third-order valence-electron chi connectivity index (χ3n) is 6.34. The van der Waals surface area contributed by atoms with Gasteiger partial charge in [0, 0.05) is 0 Å². The van der Waals surface area contributed by atoms with Crippen molar-refractivity contribution in [3.05, 3.63) is 23.8 Å². The molecule has 0 spiro atoms. The van der Waals surface area contributed by atoms with Gasteiger partial charge in [-0.25, -0.2) is 0 Å². The third-order valence-corrected chi connectivity index (χ3v) is 6.34. The topological polar surface area (TPSA) is 31.0 Å². The molecule has 0 aromatic heterocycles. The Morgan fingerprint density at radius 1 is 1.12 bits per heavy atom. The van der Waals surface area contributed by atoms with Gasteiger partial charge in [-0.1, -0.05) is 39.2 Å². The zero-order chi connectivity index (χ0) is 17.9. The predicted molar refractivity (Wildman–Crippen MR) is 102 cm³/mol. The van der Waals surface area contributed by atoms with Crippen molar-refractivity contribution in [2.75, 3.05) is 14.2 Å². The number of methoxy groups -OCH3 is 2. The molecule has 0 bridgehead atoms. The minimum Gasteiger partial charge on any atom is -0.493 e. The fourth-order valence-corrected chi connectivity index (χ4v) is 4.37. The van der Waals surface area contributed by atoms with Crippen molar-refractivity contribution in [3.63, 3.8) is 0 Å². The van der Waals surface area contributed by atoms with Crippen LogP contribution in [0.2, 0.25) is 0 Å². The summed E-state index contributed by atoms with van der Waals surface area (Å²) in [5.41, 5.74) is 1.90. The normalized spacial score (nSPS) is 30.2. The second-order valence-corrected chi connectivity index (χ2v) is 8.07. The summed E-state index contributed by atoms with van der Waals surface area (Å²) in [6.07, 6.45) is 11.3. The number of rotatable bonds is 11. The predicted octanol–water partition coefficient (Wildman–Crippen LogP) is 5.40. The Hall–Kier alpha value is -1.22. The van der Waals surface area contributed by atoms with Gasteiger partial charge in [0.25, 0.3) is 0 Å². The molecular weight excluding hydrogens is 312 g/mol. The molecule has 3 nitrogen and oxygen atoms in total. The van der Waals surface area contributed by atoms with E-state index >= 15 is 0 Å². The van der Waals surface area contributed by atoms with Crippen molar-refractivity contribution < 1.29 is 14.2 Å². The fraction of sp³-hybridized carbons (Fsp3) is 0.727. The number of epoxide rings is 1. The van der Waals surface area contributed by atoms with Crippen molar-refractivity contribution >= 4 is 0 Å². The zero-order valence-electron chi connectivity index (χ0n) is 16.3. The lowest BCUT2D eigenvalue weighted by molar-refractivity contribution is 0.298. The number of benzene rings is 1. The number of aryl methyl sites for hydroxylation is 1. The number of hydrogen-bond acceptors (Lipinski definition) is 3. The molecule has 3 rings (SSSR count). The van der Waals surface area contributed by atoms with Crippen molar-refractivity contribution in [1.82, 2.24) is 0 Å². The summed E-state index contributed by atoms with van der Waals surface area (Å²) in [6.45, 7) is 4.71. The van der Waals surface area contributed by atoms with Crippen molar-refractivity contribution in [2.24, 2.45) is 11.3 Å². The quantitative estimate of drug-likeness (QED) is 0.397. The van der Waals surface area contributed by atoms with Crippen LogP contribution in [0.5, 0.6) is 11.5 Å². The highest BCUT2D eigenvalue weighted by Crippen LogP contribution is 2.61. The first-order valence-electron chi connectivity index (χ1n) is 9.98. The highest BCUT2D eigenvalue weighted by atomic mass is 16.6. The van der Waals surface area contributed by atoms with Gasteiger partial charge < -0.3 is 14.2 Å². The molecule has 1 aromatic rings. The van der Waals surface area contributed by atoms with Crippen molar-refractivity contribution in [1.29, 1.82) is 0 Å². The van der Waals surface area contributed by atoms with Crippen LogP contribution < -0.4 is 9.47 Å². The van der Waals surface area contributed by atoms with Crippen molar-refractivity contribution in [3.8, 4) is 11.5 Å². The maximum Gasteiger partial charge on any atom is 0.160 e. The van der Waals surface area contributed by atoms with E-state index in [0.717, 1.165) is 30.3 Å². The van der Waals surface area contributed by atoms with Crippen LogP contribution in [0.4, 0.5) is 0 Å². The zero-order valence-corrected chi connectivity index (χ0v) is 16.3. The average Bonchev–Trinajstić information content (AvgIpc) is 3.51. The molecule has 140 valence electrons. The van der Waals surface area contributed by atoms with Gasteiger partial charge in [-0.15, -0.1) is 0 Å². The Balaban J connectivity index is 1.44. The molecule has 4 unspecified atom stereocenters. The van der Waals surface area contributed by atoms with Crippen LogP contribution in [0.1, 0.15) is 64.4 Å². The molecule has 0 radical (unpaired) electrons. The Kier molecular flexibility index (Phi) is 5.93. The lowest BCUT2D eigenvalue weighted by Gasteiger charge is -2.15. The summed E-state index contributed by atoms with van der Waals surface area (Å²) in [4.78, 5) is 0. The lowest BCUT2D eigenvalue weighted by atomic mass is 9.89. The van der Waals surface area contributed by atoms with Crippen LogP contribution in [-0.2, 0) is 11.2 Å². The van der Waals surface area contributed by atoms with E-state index in [-0.39, 0.29) is 0 Å². The molecule has 1 aromatic carbocycles. The Morgan fingerprint density at radius 2 is 1.88 bits per heavy atom. The lowest BCUT2D eigenvalue weighted by Crippen LogP contribution is -2.09. The molecule has 1 aliphatic heterocycles. The third kappa shape index (κ3) is 4.49. The SMILES string of the molecule is CCCCCC1(CC2OC2CCc2ccc(OC)c(OC)c2)CC1C. The van der Waals surface area contributed by atoms with E-state index in [1.807, 2.05) is 6.07 Å². The van der Waals surface area contributed by atoms with Gasteiger partial charge in [-0.3, -0.25) is 0 Å². The maximum atomic E-state index is 6.01. The standard InChI is InChI=1S/C22H34O3/c1-5-6-7-12-22(14-16(22)2)15-21-19(25-21)11-9-17-8-10-18(23-3)20(13-17)24-4/h8,10,13,16,19,21H,5-7,9,11-12,14-15H2,1-4H3. The van der Waals surface area contributed by atoms with Crippen LogP contribution in [0, 0.1) is 11.3 Å². The van der Waals surface area contributed by atoms with Gasteiger partial charge in [-0.05, 0) is 61.1 Å². The first-order chi connectivity index (χ1) is 12.1. The first kappa shape index (κ1) is 18.6. The molecule has 2 aliphatic rings. The van der Waals surface area contributed by atoms with Crippen LogP contribution in [0.3, 0.4) is 0 Å². The summed E-state index contributed by atoms with van der Waals surface area (Å²) < 4.78 is 16.7. The number of ether oxygens (including phenoxy) is 3. The Morgan fingerprint density at radius 3 is 2.52 bits per heavy atom.